The zero-order chi connectivity index (χ0) is 8.97. The van der Waals surface area contributed by atoms with Gasteiger partial charge in [-0.15, -0.1) is 0 Å². The van der Waals surface area contributed by atoms with Crippen LogP contribution in [0.3, 0.4) is 0 Å². The molecule has 0 unspecified atom stereocenters. The van der Waals surface area contributed by atoms with Crippen molar-refractivity contribution in [3.05, 3.63) is 29.8 Å². The zero-order valence-electron chi connectivity index (χ0n) is 7.76. The van der Waals surface area contributed by atoms with Crippen LogP contribution in [0.5, 0.6) is 0 Å². The first-order valence-electron chi connectivity index (χ1n) is 3.99. The van der Waals surface area contributed by atoms with E-state index in [1.54, 1.807) is 7.05 Å². The number of rotatable bonds is 2. The molecule has 0 bridgehead atoms. The molecule has 0 spiro atoms. The smallest absolute Gasteiger partial charge is 0.0386 e. The van der Waals surface area contributed by atoms with E-state index >= 15 is 0 Å². The summed E-state index contributed by atoms with van der Waals surface area (Å²) in [6.45, 7) is 2.01. The minimum atomic E-state index is 0. The lowest BCUT2D eigenvalue weighted by molar-refractivity contribution is 1.41. The van der Waals surface area contributed by atoms with Crippen molar-refractivity contribution < 1.29 is 0 Å². The molecule has 0 radical (unpaired) electrons. The van der Waals surface area contributed by atoms with Crippen LogP contribution in [-0.2, 0) is 0 Å². The van der Waals surface area contributed by atoms with Crippen molar-refractivity contribution in [1.82, 2.24) is 0 Å². The van der Waals surface area contributed by atoms with Crippen LogP contribution in [-0.4, -0.2) is 19.8 Å². The molecule has 1 aromatic carbocycles. The molecule has 2 heteroatoms. The summed E-state index contributed by atoms with van der Waals surface area (Å²) in [5.74, 6) is 0. The van der Waals surface area contributed by atoms with E-state index in [0.717, 1.165) is 11.4 Å². The average molecular weight is 178 g/mol. The first-order valence-corrected chi connectivity index (χ1v) is 3.99. The molecule has 0 saturated heterocycles. The highest BCUT2D eigenvalue weighted by Gasteiger charge is 1.94. The maximum absolute atomic E-state index is 4.11. The second-order valence-electron chi connectivity index (χ2n) is 2.64. The van der Waals surface area contributed by atoms with Gasteiger partial charge in [-0.1, -0.05) is 19.6 Å². The molecule has 0 atom stereocenters. The molecule has 0 amide bonds. The van der Waals surface area contributed by atoms with E-state index in [1.807, 2.05) is 26.1 Å². The van der Waals surface area contributed by atoms with Gasteiger partial charge in [0.15, 0.2) is 0 Å². The standard InChI is InChI=1S/C10H14N2.CH4/c1-8(11-2)9-4-6-10(12-3)7-5-9;/h4-7,12H,1-3H3;1H4. The van der Waals surface area contributed by atoms with E-state index in [-0.39, 0.29) is 7.43 Å². The lowest BCUT2D eigenvalue weighted by atomic mass is 10.1. The number of nitrogens with zero attached hydrogens (tertiary/aromatic N) is 1. The number of benzene rings is 1. The molecule has 1 aromatic rings. The fourth-order valence-electron chi connectivity index (χ4n) is 1.01. The van der Waals surface area contributed by atoms with Crippen molar-refractivity contribution >= 4 is 11.4 Å². The monoisotopic (exact) mass is 178 g/mol. The van der Waals surface area contributed by atoms with Crippen molar-refractivity contribution in [2.75, 3.05) is 19.4 Å². The maximum atomic E-state index is 4.11. The molecule has 0 aromatic heterocycles. The zero-order valence-corrected chi connectivity index (χ0v) is 7.76. The van der Waals surface area contributed by atoms with Gasteiger partial charge in [0, 0.05) is 25.5 Å². The number of aliphatic imine (C=N–C) groups is 1. The molecule has 1 N–H and O–H groups in total. The minimum absolute atomic E-state index is 0. The van der Waals surface area contributed by atoms with Crippen LogP contribution in [0, 0.1) is 0 Å². The summed E-state index contributed by atoms with van der Waals surface area (Å²) in [6.07, 6.45) is 0. The summed E-state index contributed by atoms with van der Waals surface area (Å²) in [5, 5.41) is 3.07. The van der Waals surface area contributed by atoms with Gasteiger partial charge in [-0.3, -0.25) is 4.99 Å². The number of hydrogen-bond donors (Lipinski definition) is 1. The highest BCUT2D eigenvalue weighted by atomic mass is 14.8. The van der Waals surface area contributed by atoms with Gasteiger partial charge in [-0.2, -0.15) is 0 Å². The van der Waals surface area contributed by atoms with Crippen LogP contribution in [0.25, 0.3) is 0 Å². The van der Waals surface area contributed by atoms with Crippen molar-refractivity contribution in [3.63, 3.8) is 0 Å². The highest BCUT2D eigenvalue weighted by molar-refractivity contribution is 5.98. The van der Waals surface area contributed by atoms with E-state index in [9.17, 15) is 0 Å². The van der Waals surface area contributed by atoms with E-state index in [1.165, 1.54) is 5.56 Å². The van der Waals surface area contributed by atoms with Gasteiger partial charge in [-0.25, -0.2) is 0 Å². The molecule has 0 aliphatic rings. The first-order chi connectivity index (χ1) is 5.77. The molecular formula is C11H18N2. The van der Waals surface area contributed by atoms with Crippen LogP contribution in [0.1, 0.15) is 19.9 Å². The second-order valence-corrected chi connectivity index (χ2v) is 2.64. The molecule has 0 aliphatic heterocycles. The fraction of sp³-hybridized carbons (Fsp3) is 0.364. The van der Waals surface area contributed by atoms with E-state index in [4.69, 9.17) is 0 Å². The van der Waals surface area contributed by atoms with Crippen LogP contribution >= 0.6 is 0 Å². The number of hydrogen-bond acceptors (Lipinski definition) is 2. The van der Waals surface area contributed by atoms with Crippen molar-refractivity contribution in [3.8, 4) is 0 Å². The van der Waals surface area contributed by atoms with Gasteiger partial charge in [0.2, 0.25) is 0 Å². The van der Waals surface area contributed by atoms with Crippen LogP contribution < -0.4 is 5.32 Å². The fourth-order valence-corrected chi connectivity index (χ4v) is 1.01. The van der Waals surface area contributed by atoms with Gasteiger partial charge in [0.05, 0.1) is 0 Å². The Kier molecular flexibility index (Phi) is 4.82. The second kappa shape index (κ2) is 5.36. The molecule has 72 valence electrons. The van der Waals surface area contributed by atoms with Gasteiger partial charge in [-0.05, 0) is 24.6 Å². The predicted octanol–water partition coefficient (Wildman–Crippen LogP) is 2.80. The Morgan fingerprint density at radius 1 is 1.23 bits per heavy atom. The summed E-state index contributed by atoms with van der Waals surface area (Å²) in [4.78, 5) is 4.11. The summed E-state index contributed by atoms with van der Waals surface area (Å²) in [5.41, 5.74) is 3.37. The Hall–Kier alpha value is -1.31. The third kappa shape index (κ3) is 2.90. The highest BCUT2D eigenvalue weighted by Crippen LogP contribution is 2.08. The molecule has 0 saturated carbocycles. The molecule has 1 rings (SSSR count). The molecular weight excluding hydrogens is 160 g/mol. The normalized spacial score (nSPS) is 10.5. The Morgan fingerprint density at radius 2 is 1.77 bits per heavy atom. The number of nitrogens with one attached hydrogen (secondary N) is 1. The van der Waals surface area contributed by atoms with Crippen molar-refractivity contribution in [2.45, 2.75) is 14.4 Å². The van der Waals surface area contributed by atoms with Gasteiger partial charge in [0.1, 0.15) is 0 Å². The first kappa shape index (κ1) is 11.7. The van der Waals surface area contributed by atoms with Crippen molar-refractivity contribution in [2.24, 2.45) is 4.99 Å². The van der Waals surface area contributed by atoms with E-state index in [2.05, 4.69) is 22.4 Å². The van der Waals surface area contributed by atoms with E-state index in [0.29, 0.717) is 0 Å². The molecule has 2 nitrogen and oxygen atoms in total. The Morgan fingerprint density at radius 3 is 2.15 bits per heavy atom. The third-order valence-corrected chi connectivity index (χ3v) is 1.93. The maximum Gasteiger partial charge on any atom is 0.0386 e. The lowest BCUT2D eigenvalue weighted by Crippen LogP contribution is -1.94. The molecule has 0 fully saturated rings. The van der Waals surface area contributed by atoms with Crippen LogP contribution in [0.4, 0.5) is 5.69 Å². The summed E-state index contributed by atoms with van der Waals surface area (Å²) < 4.78 is 0. The molecule has 0 heterocycles. The van der Waals surface area contributed by atoms with Crippen molar-refractivity contribution in [1.29, 1.82) is 0 Å². The number of anilines is 1. The Bertz CT molecular complexity index is 273. The molecule has 13 heavy (non-hydrogen) atoms. The predicted molar refractivity (Wildman–Crippen MR) is 60.9 cm³/mol. The van der Waals surface area contributed by atoms with Gasteiger partial charge >= 0.3 is 0 Å². The average Bonchev–Trinajstić information content (AvgIpc) is 2.17. The Balaban J connectivity index is 0.00000144. The Labute approximate surface area is 80.7 Å². The topological polar surface area (TPSA) is 24.4 Å². The third-order valence-electron chi connectivity index (χ3n) is 1.93. The quantitative estimate of drug-likeness (QED) is 0.692. The summed E-state index contributed by atoms with van der Waals surface area (Å²) >= 11 is 0. The van der Waals surface area contributed by atoms with Crippen LogP contribution in [0.15, 0.2) is 29.3 Å². The largest absolute Gasteiger partial charge is 0.388 e. The van der Waals surface area contributed by atoms with E-state index < -0.39 is 0 Å². The minimum Gasteiger partial charge on any atom is -0.388 e. The summed E-state index contributed by atoms with van der Waals surface area (Å²) in [6, 6.07) is 8.22. The molecule has 0 aliphatic carbocycles. The SMILES string of the molecule is C.CN=C(C)c1ccc(NC)cc1. The van der Waals surface area contributed by atoms with Gasteiger partial charge < -0.3 is 5.32 Å². The lowest BCUT2D eigenvalue weighted by Gasteiger charge is -2.02. The van der Waals surface area contributed by atoms with Crippen LogP contribution in [0.2, 0.25) is 0 Å². The van der Waals surface area contributed by atoms with Gasteiger partial charge in [0.25, 0.3) is 0 Å². The summed E-state index contributed by atoms with van der Waals surface area (Å²) in [7, 11) is 3.72.